The van der Waals surface area contributed by atoms with E-state index in [0.717, 1.165) is 24.8 Å². The summed E-state index contributed by atoms with van der Waals surface area (Å²) in [6.07, 6.45) is 3.00. The first kappa shape index (κ1) is 23.2. The lowest BCUT2D eigenvalue weighted by molar-refractivity contribution is -0.115. The van der Waals surface area contributed by atoms with E-state index in [9.17, 15) is 4.79 Å². The molecule has 0 aromatic heterocycles. The summed E-state index contributed by atoms with van der Waals surface area (Å²) in [6, 6.07) is 21.0. The van der Waals surface area contributed by atoms with Crippen LogP contribution in [-0.4, -0.2) is 11.6 Å². The summed E-state index contributed by atoms with van der Waals surface area (Å²) in [5.74, 6) is -0.326. The van der Waals surface area contributed by atoms with Gasteiger partial charge in [0.15, 0.2) is 0 Å². The molecule has 34 heavy (non-hydrogen) atoms. The molecule has 2 aliphatic rings. The van der Waals surface area contributed by atoms with Gasteiger partial charge >= 0.3 is 0 Å². The summed E-state index contributed by atoms with van der Waals surface area (Å²) in [7, 11) is 0. The summed E-state index contributed by atoms with van der Waals surface area (Å²) in [5, 5.41) is 11.6. The molecule has 1 unspecified atom stereocenters. The Morgan fingerprint density at radius 2 is 1.74 bits per heavy atom. The number of nitrogens with zero attached hydrogens (tertiary/aromatic N) is 2. The van der Waals surface area contributed by atoms with Crippen molar-refractivity contribution in [1.82, 2.24) is 5.32 Å². The highest BCUT2D eigenvalue weighted by atomic mass is 35.5. The number of carbonyl (C=O) groups excluding carboxylic acids is 1. The van der Waals surface area contributed by atoms with Crippen molar-refractivity contribution in [2.45, 2.75) is 38.3 Å². The van der Waals surface area contributed by atoms with Crippen LogP contribution in [0.4, 0.5) is 5.69 Å². The molecule has 0 spiro atoms. The fraction of sp³-hybridized carbons (Fsp3) is 0.259. The largest absolute Gasteiger partial charge is 0.344 e. The van der Waals surface area contributed by atoms with Crippen LogP contribution in [0.25, 0.3) is 0 Å². The first-order valence-electron chi connectivity index (χ1n) is 11.4. The Morgan fingerprint density at radius 1 is 1.00 bits per heavy atom. The highest BCUT2D eigenvalue weighted by Crippen LogP contribution is 2.43. The van der Waals surface area contributed by atoms with Gasteiger partial charge in [-0.15, -0.1) is 0 Å². The highest BCUT2D eigenvalue weighted by Gasteiger charge is 2.40. The van der Waals surface area contributed by atoms with E-state index in [1.54, 1.807) is 12.1 Å². The normalized spacial score (nSPS) is 21.7. The Morgan fingerprint density at radius 3 is 2.50 bits per heavy atom. The molecule has 0 saturated heterocycles. The van der Waals surface area contributed by atoms with Crippen molar-refractivity contribution in [3.63, 3.8) is 0 Å². The van der Waals surface area contributed by atoms with E-state index < -0.39 is 0 Å². The molecule has 7 heteroatoms. The van der Waals surface area contributed by atoms with E-state index in [4.69, 9.17) is 39.9 Å². The van der Waals surface area contributed by atoms with Gasteiger partial charge in [0, 0.05) is 16.0 Å². The minimum Gasteiger partial charge on any atom is -0.344 e. The molecule has 174 valence electrons. The standard InChI is InChI=1S/C27H24Cl3N3O/c1-16-25(27(34)31-23-8-4-6-17-5-2-3-7-21(17)23)32-33(24-14-13-20(29)15-22(24)30)26(16)18-9-11-19(28)12-10-18/h2-3,5,7,9-16,23,26H,4,6,8H2,1H3,(H,31,34)/t16-,23?,26+/m1/s1. The van der Waals surface area contributed by atoms with Gasteiger partial charge in [-0.05, 0) is 66.3 Å². The lowest BCUT2D eigenvalue weighted by Crippen LogP contribution is -2.38. The van der Waals surface area contributed by atoms with E-state index in [1.165, 1.54) is 11.1 Å². The van der Waals surface area contributed by atoms with Gasteiger partial charge in [-0.1, -0.05) is 78.1 Å². The quantitative estimate of drug-likeness (QED) is 0.396. The Bertz CT molecular complexity index is 1260. The monoisotopic (exact) mass is 511 g/mol. The van der Waals surface area contributed by atoms with Crippen LogP contribution in [0.3, 0.4) is 0 Å². The first-order chi connectivity index (χ1) is 16.4. The van der Waals surface area contributed by atoms with Gasteiger partial charge in [-0.3, -0.25) is 9.80 Å². The van der Waals surface area contributed by atoms with Crippen LogP contribution in [0.15, 0.2) is 71.8 Å². The molecule has 1 aliphatic heterocycles. The summed E-state index contributed by atoms with van der Waals surface area (Å²) < 4.78 is 0. The van der Waals surface area contributed by atoms with Crippen molar-refractivity contribution in [3.8, 4) is 0 Å². The molecule has 0 bridgehead atoms. The van der Waals surface area contributed by atoms with Crippen molar-refractivity contribution < 1.29 is 4.79 Å². The third kappa shape index (κ3) is 4.43. The maximum Gasteiger partial charge on any atom is 0.268 e. The van der Waals surface area contributed by atoms with E-state index in [0.29, 0.717) is 26.5 Å². The zero-order valence-corrected chi connectivity index (χ0v) is 20.9. The number of nitrogens with one attached hydrogen (secondary N) is 1. The first-order valence-corrected chi connectivity index (χ1v) is 12.5. The minimum atomic E-state index is -0.213. The number of hydrazone groups is 1. The molecular weight excluding hydrogens is 489 g/mol. The van der Waals surface area contributed by atoms with Crippen LogP contribution >= 0.6 is 34.8 Å². The van der Waals surface area contributed by atoms with Crippen LogP contribution in [0, 0.1) is 5.92 Å². The fourth-order valence-electron chi connectivity index (χ4n) is 4.98. The number of fused-ring (bicyclic) bond motifs is 1. The summed E-state index contributed by atoms with van der Waals surface area (Å²) in [6.45, 7) is 2.02. The fourth-order valence-corrected chi connectivity index (χ4v) is 5.60. The van der Waals surface area contributed by atoms with Gasteiger partial charge in [0.2, 0.25) is 0 Å². The molecule has 1 N–H and O–H groups in total. The third-order valence-electron chi connectivity index (χ3n) is 6.66. The van der Waals surface area contributed by atoms with E-state index in [-0.39, 0.29) is 23.9 Å². The number of halogens is 3. The number of hydrogen-bond donors (Lipinski definition) is 1. The van der Waals surface area contributed by atoms with Crippen molar-refractivity contribution in [3.05, 3.63) is 98.5 Å². The number of amides is 1. The summed E-state index contributed by atoms with van der Waals surface area (Å²) in [4.78, 5) is 13.5. The summed E-state index contributed by atoms with van der Waals surface area (Å²) in [5.41, 5.74) is 4.67. The number of aryl methyl sites for hydroxylation is 1. The maximum atomic E-state index is 13.5. The zero-order valence-electron chi connectivity index (χ0n) is 18.6. The van der Waals surface area contributed by atoms with Crippen LogP contribution < -0.4 is 10.3 Å². The van der Waals surface area contributed by atoms with Gasteiger partial charge < -0.3 is 5.32 Å². The molecule has 3 aromatic rings. The number of benzene rings is 3. The Balaban J connectivity index is 1.49. The zero-order chi connectivity index (χ0) is 23.8. The maximum absolute atomic E-state index is 13.5. The van der Waals surface area contributed by atoms with Crippen molar-refractivity contribution in [2.75, 3.05) is 5.01 Å². The van der Waals surface area contributed by atoms with Crippen LogP contribution in [0.1, 0.15) is 48.5 Å². The molecule has 1 aliphatic carbocycles. The van der Waals surface area contributed by atoms with Crippen LogP contribution in [-0.2, 0) is 11.2 Å². The molecule has 0 fully saturated rings. The van der Waals surface area contributed by atoms with Gasteiger partial charge in [0.1, 0.15) is 5.71 Å². The Hall–Kier alpha value is -2.53. The van der Waals surface area contributed by atoms with E-state index in [1.807, 2.05) is 48.3 Å². The topological polar surface area (TPSA) is 44.7 Å². The average molecular weight is 513 g/mol. The number of anilines is 1. The molecular formula is C27H24Cl3N3O. The van der Waals surface area contributed by atoms with Crippen LogP contribution in [0.2, 0.25) is 15.1 Å². The van der Waals surface area contributed by atoms with E-state index >= 15 is 0 Å². The molecule has 1 heterocycles. The highest BCUT2D eigenvalue weighted by molar-refractivity contribution is 6.41. The second-order valence-electron chi connectivity index (χ2n) is 8.83. The number of rotatable bonds is 4. The van der Waals surface area contributed by atoms with Gasteiger partial charge in [-0.2, -0.15) is 5.10 Å². The molecule has 3 atom stereocenters. The Kier molecular flexibility index (Phi) is 6.57. The van der Waals surface area contributed by atoms with E-state index in [2.05, 4.69) is 23.5 Å². The third-order valence-corrected chi connectivity index (χ3v) is 7.45. The summed E-state index contributed by atoms with van der Waals surface area (Å²) >= 11 is 18.8. The van der Waals surface area contributed by atoms with Crippen molar-refractivity contribution in [2.24, 2.45) is 11.0 Å². The predicted octanol–water partition coefficient (Wildman–Crippen LogP) is 7.39. The lowest BCUT2D eigenvalue weighted by atomic mass is 9.87. The minimum absolute atomic E-state index is 0.0190. The van der Waals surface area contributed by atoms with Gasteiger partial charge in [-0.25, -0.2) is 0 Å². The van der Waals surface area contributed by atoms with Gasteiger partial charge in [0.05, 0.1) is 22.8 Å². The smallest absolute Gasteiger partial charge is 0.268 e. The second kappa shape index (κ2) is 9.61. The number of hydrogen-bond acceptors (Lipinski definition) is 3. The van der Waals surface area contributed by atoms with Crippen molar-refractivity contribution >= 4 is 52.1 Å². The Labute approximate surface area is 214 Å². The molecule has 0 radical (unpaired) electrons. The van der Waals surface area contributed by atoms with Crippen molar-refractivity contribution in [1.29, 1.82) is 0 Å². The predicted molar refractivity (Wildman–Crippen MR) is 140 cm³/mol. The number of carbonyl (C=O) groups is 1. The molecule has 3 aromatic carbocycles. The molecule has 4 nitrogen and oxygen atoms in total. The molecule has 5 rings (SSSR count). The lowest BCUT2D eigenvalue weighted by Gasteiger charge is -2.28. The SMILES string of the molecule is C[C@@H]1C(C(=O)NC2CCCc3ccccc32)=NN(c2ccc(Cl)cc2Cl)[C@@H]1c1ccc(Cl)cc1. The second-order valence-corrected chi connectivity index (χ2v) is 10.1. The molecule has 1 amide bonds. The molecule has 0 saturated carbocycles. The van der Waals surface area contributed by atoms with Gasteiger partial charge in [0.25, 0.3) is 5.91 Å². The average Bonchev–Trinajstić information content (AvgIpc) is 3.17. The van der Waals surface area contributed by atoms with Crippen LogP contribution in [0.5, 0.6) is 0 Å².